The van der Waals surface area contributed by atoms with Gasteiger partial charge in [-0.05, 0) is 24.5 Å². The van der Waals surface area contributed by atoms with Gasteiger partial charge in [-0.25, -0.2) is 0 Å². The fourth-order valence-corrected chi connectivity index (χ4v) is 3.49. The first-order valence-electron chi connectivity index (χ1n) is 8.39. The summed E-state index contributed by atoms with van der Waals surface area (Å²) in [6, 6.07) is 6.35. The molecule has 1 fully saturated rings. The summed E-state index contributed by atoms with van der Waals surface area (Å²) in [5.41, 5.74) is 1.11. The van der Waals surface area contributed by atoms with Gasteiger partial charge in [0, 0.05) is 36.6 Å². The molecule has 1 aliphatic heterocycles. The van der Waals surface area contributed by atoms with Crippen molar-refractivity contribution in [1.82, 2.24) is 15.2 Å². The van der Waals surface area contributed by atoms with Gasteiger partial charge in [-0.1, -0.05) is 33.8 Å². The van der Waals surface area contributed by atoms with Gasteiger partial charge < -0.3 is 5.32 Å². The first-order chi connectivity index (χ1) is 10.8. The monoisotopic (exact) mass is 335 g/mol. The molecular weight excluding hydrogens is 306 g/mol. The van der Waals surface area contributed by atoms with E-state index < -0.39 is 0 Å². The Bertz CT molecular complexity index is 501. The van der Waals surface area contributed by atoms with E-state index in [1.54, 1.807) is 11.8 Å². The van der Waals surface area contributed by atoms with E-state index in [1.807, 2.05) is 18.3 Å². The van der Waals surface area contributed by atoms with Gasteiger partial charge in [0.2, 0.25) is 5.91 Å². The van der Waals surface area contributed by atoms with Gasteiger partial charge in [0.1, 0.15) is 0 Å². The predicted octanol–water partition coefficient (Wildman–Crippen LogP) is 2.94. The molecule has 23 heavy (non-hydrogen) atoms. The van der Waals surface area contributed by atoms with Gasteiger partial charge in [-0.3, -0.25) is 14.7 Å². The fourth-order valence-electron chi connectivity index (χ4n) is 2.84. The molecule has 4 nitrogen and oxygen atoms in total. The molecule has 1 N–H and O–H groups in total. The molecule has 0 bridgehead atoms. The molecule has 0 spiro atoms. The number of rotatable bonds is 5. The van der Waals surface area contributed by atoms with Crippen LogP contribution in [-0.4, -0.2) is 45.4 Å². The van der Waals surface area contributed by atoms with Gasteiger partial charge in [0.05, 0.1) is 11.4 Å². The number of thioether (sulfide) groups is 1. The van der Waals surface area contributed by atoms with Gasteiger partial charge >= 0.3 is 0 Å². The van der Waals surface area contributed by atoms with E-state index in [0.29, 0.717) is 17.7 Å². The van der Waals surface area contributed by atoms with Crippen LogP contribution in [0.3, 0.4) is 0 Å². The molecule has 1 amide bonds. The molecule has 0 aliphatic carbocycles. The molecule has 1 saturated heterocycles. The van der Waals surface area contributed by atoms with Crippen LogP contribution in [-0.2, 0) is 11.3 Å². The van der Waals surface area contributed by atoms with E-state index in [4.69, 9.17) is 0 Å². The van der Waals surface area contributed by atoms with E-state index in [9.17, 15) is 4.79 Å². The summed E-state index contributed by atoms with van der Waals surface area (Å²) in [5.74, 6) is 1.18. The van der Waals surface area contributed by atoms with Crippen molar-refractivity contribution in [1.29, 1.82) is 0 Å². The van der Waals surface area contributed by atoms with Crippen molar-refractivity contribution in [2.45, 2.75) is 51.4 Å². The second kappa shape index (κ2) is 8.15. The Morgan fingerprint density at radius 3 is 2.83 bits per heavy atom. The van der Waals surface area contributed by atoms with Crippen molar-refractivity contribution in [3.05, 3.63) is 30.1 Å². The summed E-state index contributed by atoms with van der Waals surface area (Å²) < 4.78 is 0.134. The molecule has 128 valence electrons. The zero-order chi connectivity index (χ0) is 16.9. The van der Waals surface area contributed by atoms with E-state index in [0.717, 1.165) is 31.7 Å². The van der Waals surface area contributed by atoms with Crippen LogP contribution in [0, 0.1) is 5.92 Å². The molecular formula is C18H29N3OS. The lowest BCUT2D eigenvalue weighted by Crippen LogP contribution is -2.50. The highest BCUT2D eigenvalue weighted by Gasteiger charge is 2.27. The van der Waals surface area contributed by atoms with Crippen molar-refractivity contribution in [3.63, 3.8) is 0 Å². The second-order valence-corrected chi connectivity index (χ2v) is 9.20. The lowest BCUT2D eigenvalue weighted by atomic mass is 9.93. The largest absolute Gasteiger partial charge is 0.352 e. The lowest BCUT2D eigenvalue weighted by molar-refractivity contribution is -0.120. The Morgan fingerprint density at radius 2 is 2.22 bits per heavy atom. The number of carbonyl (C=O) groups is 1. The molecule has 0 saturated carbocycles. The van der Waals surface area contributed by atoms with Gasteiger partial charge in [0.15, 0.2) is 0 Å². The highest BCUT2D eigenvalue weighted by molar-refractivity contribution is 8.01. The number of amides is 1. The number of nitrogens with one attached hydrogen (secondary N) is 1. The maximum absolute atomic E-state index is 12.1. The minimum absolute atomic E-state index is 0.134. The summed E-state index contributed by atoms with van der Waals surface area (Å²) in [5, 5.41) is 3.22. The Kier molecular flexibility index (Phi) is 6.48. The molecule has 1 aromatic heterocycles. The zero-order valence-corrected chi connectivity index (χ0v) is 15.5. The smallest absolute Gasteiger partial charge is 0.230 e. The predicted molar refractivity (Wildman–Crippen MR) is 97.4 cm³/mol. The summed E-state index contributed by atoms with van der Waals surface area (Å²) in [4.78, 5) is 18.9. The molecule has 2 heterocycles. The van der Waals surface area contributed by atoms with Crippen LogP contribution in [0.25, 0.3) is 0 Å². The zero-order valence-electron chi connectivity index (χ0n) is 14.7. The van der Waals surface area contributed by atoms with Crippen LogP contribution in [0.15, 0.2) is 24.4 Å². The number of carbonyl (C=O) groups excluding carboxylic acids is 1. The third kappa shape index (κ3) is 6.51. The van der Waals surface area contributed by atoms with Crippen molar-refractivity contribution in [3.8, 4) is 0 Å². The van der Waals surface area contributed by atoms with Crippen LogP contribution in [0.1, 0.15) is 39.8 Å². The van der Waals surface area contributed by atoms with Crippen molar-refractivity contribution in [2.24, 2.45) is 5.92 Å². The van der Waals surface area contributed by atoms with E-state index >= 15 is 0 Å². The molecule has 0 unspecified atom stereocenters. The minimum atomic E-state index is 0.134. The minimum Gasteiger partial charge on any atom is -0.352 e. The molecule has 1 aliphatic rings. The van der Waals surface area contributed by atoms with Gasteiger partial charge in [0.25, 0.3) is 0 Å². The summed E-state index contributed by atoms with van der Waals surface area (Å²) >= 11 is 1.70. The number of aromatic nitrogens is 1. The number of piperidine rings is 1. The molecule has 2 atom stereocenters. The highest BCUT2D eigenvalue weighted by atomic mass is 32.2. The molecule has 0 radical (unpaired) electrons. The Balaban J connectivity index is 1.76. The van der Waals surface area contributed by atoms with Crippen molar-refractivity contribution < 1.29 is 4.79 Å². The van der Waals surface area contributed by atoms with Crippen molar-refractivity contribution >= 4 is 17.7 Å². The molecule has 0 aromatic carbocycles. The average Bonchev–Trinajstić information content (AvgIpc) is 2.48. The number of nitrogens with zero attached hydrogens (tertiary/aromatic N) is 2. The van der Waals surface area contributed by atoms with Crippen LogP contribution in [0.4, 0.5) is 0 Å². The summed E-state index contributed by atoms with van der Waals surface area (Å²) in [6.07, 6.45) is 2.86. The van der Waals surface area contributed by atoms with Crippen molar-refractivity contribution in [2.75, 3.05) is 18.8 Å². The molecule has 2 rings (SSSR count). The average molecular weight is 336 g/mol. The number of likely N-dealkylation sites (tertiary alicyclic amines) is 1. The van der Waals surface area contributed by atoms with E-state index in [-0.39, 0.29) is 10.7 Å². The summed E-state index contributed by atoms with van der Waals surface area (Å²) in [6.45, 7) is 11.6. The normalized spacial score (nSPS) is 22.8. The maximum Gasteiger partial charge on any atom is 0.230 e. The van der Waals surface area contributed by atoms with Crippen LogP contribution < -0.4 is 5.32 Å². The SMILES string of the molecule is C[C@H]1CN(Cc2ccccn2)CC[C@H]1NC(=O)CSC(C)(C)C. The van der Waals surface area contributed by atoms with E-state index in [2.05, 4.69) is 49.0 Å². The number of pyridine rings is 1. The first kappa shape index (κ1) is 18.3. The van der Waals surface area contributed by atoms with Gasteiger partial charge in [-0.2, -0.15) is 0 Å². The second-order valence-electron chi connectivity index (χ2n) is 7.40. The fraction of sp³-hybridized carbons (Fsp3) is 0.667. The van der Waals surface area contributed by atoms with Crippen LogP contribution >= 0.6 is 11.8 Å². The first-order valence-corrected chi connectivity index (χ1v) is 9.37. The third-order valence-corrected chi connectivity index (χ3v) is 5.36. The number of hydrogen-bond acceptors (Lipinski definition) is 4. The molecule has 1 aromatic rings. The Hall–Kier alpha value is -1.07. The van der Waals surface area contributed by atoms with Crippen LogP contribution in [0.5, 0.6) is 0 Å². The Labute approximate surface area is 144 Å². The summed E-state index contributed by atoms with van der Waals surface area (Å²) in [7, 11) is 0. The van der Waals surface area contributed by atoms with Crippen LogP contribution in [0.2, 0.25) is 0 Å². The number of hydrogen-bond donors (Lipinski definition) is 1. The van der Waals surface area contributed by atoms with Gasteiger partial charge in [-0.15, -0.1) is 11.8 Å². The third-order valence-electron chi connectivity index (χ3n) is 4.08. The lowest BCUT2D eigenvalue weighted by Gasteiger charge is -2.37. The standard InChI is InChI=1S/C18H29N3OS/c1-14-11-21(12-15-7-5-6-9-19-15)10-8-16(14)20-17(22)13-23-18(2,3)4/h5-7,9,14,16H,8,10-13H2,1-4H3,(H,20,22)/t14-,16+/m0/s1. The topological polar surface area (TPSA) is 45.2 Å². The maximum atomic E-state index is 12.1. The van der Waals surface area contributed by atoms with E-state index in [1.165, 1.54) is 0 Å². The quantitative estimate of drug-likeness (QED) is 0.898. The molecule has 5 heteroatoms. The highest BCUT2D eigenvalue weighted by Crippen LogP contribution is 2.23. The Morgan fingerprint density at radius 1 is 1.43 bits per heavy atom.